The highest BCUT2D eigenvalue weighted by Gasteiger charge is 2.12. The molecule has 0 spiro atoms. The third-order valence-electron chi connectivity index (χ3n) is 3.90. The number of carbonyl (C=O) groups excluding carboxylic acids is 1. The number of aryl methyl sites for hydroxylation is 3. The van der Waals surface area contributed by atoms with E-state index in [1.165, 1.54) is 11.3 Å². The summed E-state index contributed by atoms with van der Waals surface area (Å²) in [7, 11) is 0. The van der Waals surface area contributed by atoms with Gasteiger partial charge in [-0.25, -0.2) is 15.0 Å². The van der Waals surface area contributed by atoms with Crippen LogP contribution in [0.2, 0.25) is 0 Å². The predicted molar refractivity (Wildman–Crippen MR) is 100 cm³/mol. The van der Waals surface area contributed by atoms with Crippen molar-refractivity contribution in [1.29, 1.82) is 0 Å². The van der Waals surface area contributed by atoms with Gasteiger partial charge in [-0.2, -0.15) is 0 Å². The van der Waals surface area contributed by atoms with Crippen LogP contribution in [0.1, 0.15) is 45.6 Å². The summed E-state index contributed by atoms with van der Waals surface area (Å²) in [4.78, 5) is 25.7. The number of thiazole rings is 1. The molecule has 3 aromatic rings. The molecule has 6 heteroatoms. The van der Waals surface area contributed by atoms with Crippen LogP contribution >= 0.6 is 11.3 Å². The molecule has 0 aliphatic carbocycles. The van der Waals surface area contributed by atoms with Gasteiger partial charge in [0, 0.05) is 28.8 Å². The standard InChI is InChI=1S/C19H20N4OS/c1-4-15-7-13(3)21-17(22-15)9-14-6-5-12(2)16(8-14)19(24)23-18-10-25-11-20-18/h5-8,10-11H,4,9H2,1-3H3,(H,23,24). The van der Waals surface area contributed by atoms with E-state index < -0.39 is 0 Å². The van der Waals surface area contributed by atoms with Crippen LogP contribution in [0.3, 0.4) is 0 Å². The molecule has 0 bridgehead atoms. The van der Waals surface area contributed by atoms with Crippen molar-refractivity contribution >= 4 is 23.1 Å². The van der Waals surface area contributed by atoms with E-state index in [4.69, 9.17) is 0 Å². The summed E-state index contributed by atoms with van der Waals surface area (Å²) in [5.41, 5.74) is 6.29. The van der Waals surface area contributed by atoms with Crippen LogP contribution < -0.4 is 5.32 Å². The molecule has 0 saturated carbocycles. The maximum atomic E-state index is 12.5. The fourth-order valence-electron chi connectivity index (χ4n) is 2.62. The second-order valence-corrected chi connectivity index (χ2v) is 6.64. The van der Waals surface area contributed by atoms with Gasteiger partial charge < -0.3 is 5.32 Å². The Morgan fingerprint density at radius 2 is 2.04 bits per heavy atom. The SMILES string of the molecule is CCc1cc(C)nc(Cc2ccc(C)c(C(=O)Nc3cscn3)c2)n1. The molecule has 1 N–H and O–H groups in total. The molecule has 2 heterocycles. The highest BCUT2D eigenvalue weighted by molar-refractivity contribution is 7.07. The largest absolute Gasteiger partial charge is 0.306 e. The zero-order chi connectivity index (χ0) is 17.8. The lowest BCUT2D eigenvalue weighted by molar-refractivity contribution is 0.102. The summed E-state index contributed by atoms with van der Waals surface area (Å²) in [5, 5.41) is 4.64. The van der Waals surface area contributed by atoms with Gasteiger partial charge in [-0.1, -0.05) is 19.1 Å². The zero-order valence-corrected chi connectivity index (χ0v) is 15.4. The van der Waals surface area contributed by atoms with Gasteiger partial charge >= 0.3 is 0 Å². The maximum absolute atomic E-state index is 12.5. The topological polar surface area (TPSA) is 67.8 Å². The molecule has 128 valence electrons. The minimum Gasteiger partial charge on any atom is -0.306 e. The van der Waals surface area contributed by atoms with Gasteiger partial charge in [0.25, 0.3) is 5.91 Å². The fourth-order valence-corrected chi connectivity index (χ4v) is 3.11. The van der Waals surface area contributed by atoms with Crippen molar-refractivity contribution in [2.45, 2.75) is 33.6 Å². The Labute approximate surface area is 151 Å². The van der Waals surface area contributed by atoms with E-state index in [1.807, 2.05) is 43.5 Å². The first-order valence-corrected chi connectivity index (χ1v) is 9.12. The lowest BCUT2D eigenvalue weighted by Crippen LogP contribution is -2.14. The van der Waals surface area contributed by atoms with E-state index in [1.54, 1.807) is 5.51 Å². The van der Waals surface area contributed by atoms with E-state index >= 15 is 0 Å². The van der Waals surface area contributed by atoms with Crippen LogP contribution in [-0.2, 0) is 12.8 Å². The molecule has 0 aliphatic heterocycles. The number of amides is 1. The summed E-state index contributed by atoms with van der Waals surface area (Å²) in [6.07, 6.45) is 1.48. The predicted octanol–water partition coefficient (Wildman–Crippen LogP) is 3.96. The number of anilines is 1. The Morgan fingerprint density at radius 3 is 2.76 bits per heavy atom. The number of hydrogen-bond acceptors (Lipinski definition) is 5. The Balaban J connectivity index is 1.84. The van der Waals surface area contributed by atoms with Gasteiger partial charge in [0.1, 0.15) is 11.6 Å². The monoisotopic (exact) mass is 352 g/mol. The van der Waals surface area contributed by atoms with Gasteiger partial charge in [-0.05, 0) is 43.5 Å². The first kappa shape index (κ1) is 17.2. The Morgan fingerprint density at radius 1 is 1.20 bits per heavy atom. The van der Waals surface area contributed by atoms with Crippen molar-refractivity contribution in [2.75, 3.05) is 5.32 Å². The van der Waals surface area contributed by atoms with Crippen LogP contribution in [0.5, 0.6) is 0 Å². The number of rotatable bonds is 5. The van der Waals surface area contributed by atoms with E-state index in [-0.39, 0.29) is 5.91 Å². The second-order valence-electron chi connectivity index (χ2n) is 5.92. The number of nitrogens with zero attached hydrogens (tertiary/aromatic N) is 3. The average molecular weight is 352 g/mol. The van der Waals surface area contributed by atoms with Gasteiger partial charge in [-0.3, -0.25) is 4.79 Å². The number of hydrogen-bond donors (Lipinski definition) is 1. The molecule has 0 unspecified atom stereocenters. The van der Waals surface area contributed by atoms with Crippen molar-refractivity contribution in [1.82, 2.24) is 15.0 Å². The minimum absolute atomic E-state index is 0.148. The molecule has 2 aromatic heterocycles. The number of aromatic nitrogens is 3. The van der Waals surface area contributed by atoms with Crippen LogP contribution in [0, 0.1) is 13.8 Å². The molecule has 5 nitrogen and oxygen atoms in total. The molecule has 25 heavy (non-hydrogen) atoms. The Bertz CT molecular complexity index is 890. The molecule has 0 radical (unpaired) electrons. The van der Waals surface area contributed by atoms with Crippen LogP contribution in [0.15, 0.2) is 35.2 Å². The van der Waals surface area contributed by atoms with Gasteiger partial charge in [0.2, 0.25) is 0 Å². The van der Waals surface area contributed by atoms with Gasteiger partial charge in [-0.15, -0.1) is 11.3 Å². The summed E-state index contributed by atoms with van der Waals surface area (Å²) < 4.78 is 0. The number of carbonyl (C=O) groups is 1. The molecule has 0 saturated heterocycles. The first-order chi connectivity index (χ1) is 12.0. The van der Waals surface area contributed by atoms with Crippen molar-refractivity contribution in [2.24, 2.45) is 0 Å². The Hall–Kier alpha value is -2.60. The molecule has 0 atom stereocenters. The minimum atomic E-state index is -0.148. The van der Waals surface area contributed by atoms with E-state index in [0.29, 0.717) is 17.8 Å². The lowest BCUT2D eigenvalue weighted by atomic mass is 10.0. The molecular weight excluding hydrogens is 332 g/mol. The molecular formula is C19H20N4OS. The lowest BCUT2D eigenvalue weighted by Gasteiger charge is -2.09. The van der Waals surface area contributed by atoms with Gasteiger partial charge in [0.15, 0.2) is 0 Å². The fraction of sp³-hybridized carbons (Fsp3) is 0.263. The van der Waals surface area contributed by atoms with Crippen molar-refractivity contribution < 1.29 is 4.79 Å². The number of nitrogens with one attached hydrogen (secondary N) is 1. The average Bonchev–Trinajstić information content (AvgIpc) is 3.09. The molecule has 3 rings (SSSR count). The molecule has 0 aliphatic rings. The normalized spacial score (nSPS) is 10.7. The zero-order valence-electron chi connectivity index (χ0n) is 14.5. The van der Waals surface area contributed by atoms with Crippen LogP contribution in [0.25, 0.3) is 0 Å². The van der Waals surface area contributed by atoms with Crippen molar-refractivity contribution in [3.05, 3.63) is 69.1 Å². The second kappa shape index (κ2) is 7.53. The smallest absolute Gasteiger partial charge is 0.257 e. The van der Waals surface area contributed by atoms with Crippen LogP contribution in [-0.4, -0.2) is 20.9 Å². The third-order valence-corrected chi connectivity index (χ3v) is 4.49. The maximum Gasteiger partial charge on any atom is 0.257 e. The highest BCUT2D eigenvalue weighted by Crippen LogP contribution is 2.16. The first-order valence-electron chi connectivity index (χ1n) is 8.17. The van der Waals surface area contributed by atoms with E-state index in [9.17, 15) is 4.79 Å². The van der Waals surface area contributed by atoms with Crippen LogP contribution in [0.4, 0.5) is 5.82 Å². The third kappa shape index (κ3) is 4.28. The van der Waals surface area contributed by atoms with Gasteiger partial charge in [0.05, 0.1) is 5.51 Å². The van der Waals surface area contributed by atoms with E-state index in [2.05, 4.69) is 27.2 Å². The quantitative estimate of drug-likeness (QED) is 0.755. The Kier molecular flexibility index (Phi) is 5.19. The molecule has 1 amide bonds. The van der Waals surface area contributed by atoms with E-state index in [0.717, 1.165) is 34.8 Å². The van der Waals surface area contributed by atoms with Crippen molar-refractivity contribution in [3.8, 4) is 0 Å². The summed E-state index contributed by atoms with van der Waals surface area (Å²) in [6.45, 7) is 5.99. The highest BCUT2D eigenvalue weighted by atomic mass is 32.1. The summed E-state index contributed by atoms with van der Waals surface area (Å²) >= 11 is 1.45. The summed E-state index contributed by atoms with van der Waals surface area (Å²) in [6, 6.07) is 7.90. The summed E-state index contributed by atoms with van der Waals surface area (Å²) in [5.74, 6) is 1.21. The number of benzene rings is 1. The molecule has 1 aromatic carbocycles. The molecule has 0 fully saturated rings. The van der Waals surface area contributed by atoms with Crippen molar-refractivity contribution in [3.63, 3.8) is 0 Å².